The topological polar surface area (TPSA) is 38.9 Å². The Morgan fingerprint density at radius 1 is 1.55 bits per heavy atom. The number of hydrogen-bond acceptors (Lipinski definition) is 3. The summed E-state index contributed by atoms with van der Waals surface area (Å²) in [6.45, 7) is 2.86. The number of aryl methyl sites for hydroxylation is 1. The van der Waals surface area contributed by atoms with E-state index in [4.69, 9.17) is 0 Å². The van der Waals surface area contributed by atoms with E-state index in [0.717, 1.165) is 0 Å². The molecule has 62 valence electrons. The molecule has 0 unspecified atom stereocenters. The number of alkyl halides is 2. The average Bonchev–Trinajstić information content (AvgIpc) is 2.36. The molecule has 0 saturated carbocycles. The van der Waals surface area contributed by atoms with Gasteiger partial charge in [-0.2, -0.15) is 13.8 Å². The van der Waals surface area contributed by atoms with Crippen LogP contribution in [0.2, 0.25) is 0 Å². The number of halogens is 2. The Kier molecular flexibility index (Phi) is 1.89. The van der Waals surface area contributed by atoms with E-state index in [1.54, 1.807) is 0 Å². The van der Waals surface area contributed by atoms with Gasteiger partial charge in [0.1, 0.15) is 0 Å². The Labute approximate surface area is 62.4 Å². The lowest BCUT2D eigenvalue weighted by atomic mass is 10.3. The van der Waals surface area contributed by atoms with Crippen LogP contribution in [0.25, 0.3) is 0 Å². The van der Waals surface area contributed by atoms with Gasteiger partial charge < -0.3 is 4.52 Å². The molecule has 1 rings (SSSR count). The molecular weight excluding hydrogens is 154 g/mol. The first-order chi connectivity index (χ1) is 5.06. The van der Waals surface area contributed by atoms with Gasteiger partial charge in [0, 0.05) is 6.42 Å². The van der Waals surface area contributed by atoms with E-state index >= 15 is 0 Å². The minimum absolute atomic E-state index is 0.230. The summed E-state index contributed by atoms with van der Waals surface area (Å²) in [5, 5.41) is 3.26. The number of hydrogen-bond donors (Lipinski definition) is 0. The van der Waals surface area contributed by atoms with Gasteiger partial charge in [-0.15, -0.1) is 0 Å². The van der Waals surface area contributed by atoms with E-state index in [2.05, 4.69) is 14.7 Å². The molecule has 0 fully saturated rings. The summed E-state index contributed by atoms with van der Waals surface area (Å²) in [5.41, 5.74) is 0. The maximum atomic E-state index is 12.7. The normalized spacial score (nSPS) is 12.0. The molecule has 0 spiro atoms. The van der Waals surface area contributed by atoms with Crippen molar-refractivity contribution in [1.29, 1.82) is 0 Å². The van der Waals surface area contributed by atoms with E-state index in [1.807, 2.05) is 0 Å². The van der Waals surface area contributed by atoms with Crippen molar-refractivity contribution in [1.82, 2.24) is 10.1 Å². The molecule has 0 aliphatic rings. The first-order valence-electron chi connectivity index (χ1n) is 3.25. The van der Waals surface area contributed by atoms with E-state index < -0.39 is 11.8 Å². The van der Waals surface area contributed by atoms with E-state index in [0.29, 0.717) is 0 Å². The van der Waals surface area contributed by atoms with Crippen LogP contribution in [-0.2, 0) is 5.92 Å². The van der Waals surface area contributed by atoms with Gasteiger partial charge in [0.05, 0.1) is 0 Å². The van der Waals surface area contributed by atoms with Gasteiger partial charge in [0.2, 0.25) is 0 Å². The maximum Gasteiger partial charge on any atom is 0.324 e. The second-order valence-corrected chi connectivity index (χ2v) is 2.20. The SMILES string of the molecule is CCC(F)(F)c1nc(C)no1. The summed E-state index contributed by atoms with van der Waals surface area (Å²) >= 11 is 0. The lowest BCUT2D eigenvalue weighted by Crippen LogP contribution is -2.11. The molecule has 0 bridgehead atoms. The van der Waals surface area contributed by atoms with Crippen molar-refractivity contribution in [3.63, 3.8) is 0 Å². The minimum atomic E-state index is -2.98. The summed E-state index contributed by atoms with van der Waals surface area (Å²) in [7, 11) is 0. The van der Waals surface area contributed by atoms with Crippen molar-refractivity contribution in [3.8, 4) is 0 Å². The van der Waals surface area contributed by atoms with Crippen LogP contribution in [0.5, 0.6) is 0 Å². The zero-order valence-corrected chi connectivity index (χ0v) is 6.27. The summed E-state index contributed by atoms with van der Waals surface area (Å²) < 4.78 is 29.7. The summed E-state index contributed by atoms with van der Waals surface area (Å²) in [5.74, 6) is -3.35. The molecule has 1 aromatic heterocycles. The number of aromatic nitrogens is 2. The van der Waals surface area contributed by atoms with Crippen molar-refractivity contribution >= 4 is 0 Å². The highest BCUT2D eigenvalue weighted by Crippen LogP contribution is 2.29. The smallest absolute Gasteiger partial charge is 0.324 e. The standard InChI is InChI=1S/C6H8F2N2O/c1-3-6(7,8)5-9-4(2)10-11-5/h3H2,1-2H3. The highest BCUT2D eigenvalue weighted by Gasteiger charge is 2.35. The van der Waals surface area contributed by atoms with Gasteiger partial charge in [-0.05, 0) is 6.92 Å². The Balaban J connectivity index is 2.92. The van der Waals surface area contributed by atoms with Gasteiger partial charge in [-0.1, -0.05) is 12.1 Å². The van der Waals surface area contributed by atoms with Crippen LogP contribution in [0, 0.1) is 6.92 Å². The Morgan fingerprint density at radius 2 is 2.18 bits per heavy atom. The van der Waals surface area contributed by atoms with Crippen molar-refractivity contribution in [2.75, 3.05) is 0 Å². The molecule has 11 heavy (non-hydrogen) atoms. The number of rotatable bonds is 2. The lowest BCUT2D eigenvalue weighted by Gasteiger charge is -2.06. The molecule has 3 nitrogen and oxygen atoms in total. The van der Waals surface area contributed by atoms with Crippen LogP contribution in [0.1, 0.15) is 25.1 Å². The molecule has 0 aliphatic heterocycles. The van der Waals surface area contributed by atoms with Crippen molar-refractivity contribution in [3.05, 3.63) is 11.7 Å². The van der Waals surface area contributed by atoms with Crippen molar-refractivity contribution in [2.45, 2.75) is 26.2 Å². The third kappa shape index (κ3) is 1.53. The fraction of sp³-hybridized carbons (Fsp3) is 0.667. The highest BCUT2D eigenvalue weighted by atomic mass is 19.3. The van der Waals surface area contributed by atoms with Gasteiger partial charge in [0.25, 0.3) is 5.89 Å². The Bertz CT molecular complexity index is 246. The van der Waals surface area contributed by atoms with E-state index in [1.165, 1.54) is 13.8 Å². The molecule has 0 N–H and O–H groups in total. The Morgan fingerprint density at radius 3 is 2.55 bits per heavy atom. The third-order valence-corrected chi connectivity index (χ3v) is 1.28. The molecule has 0 aliphatic carbocycles. The van der Waals surface area contributed by atoms with Gasteiger partial charge in [-0.3, -0.25) is 0 Å². The van der Waals surface area contributed by atoms with Crippen LogP contribution >= 0.6 is 0 Å². The second kappa shape index (κ2) is 2.56. The van der Waals surface area contributed by atoms with Crippen LogP contribution in [0.4, 0.5) is 8.78 Å². The number of nitrogens with zero attached hydrogens (tertiary/aromatic N) is 2. The van der Waals surface area contributed by atoms with Crippen molar-refractivity contribution in [2.24, 2.45) is 0 Å². The molecule has 5 heteroatoms. The van der Waals surface area contributed by atoms with Crippen LogP contribution in [0.3, 0.4) is 0 Å². The summed E-state index contributed by atoms with van der Waals surface area (Å²) in [6, 6.07) is 0. The summed E-state index contributed by atoms with van der Waals surface area (Å²) in [6.07, 6.45) is -0.325. The van der Waals surface area contributed by atoms with Gasteiger partial charge in [0.15, 0.2) is 5.82 Å². The van der Waals surface area contributed by atoms with Gasteiger partial charge in [-0.25, -0.2) is 0 Å². The van der Waals surface area contributed by atoms with Crippen molar-refractivity contribution < 1.29 is 13.3 Å². The van der Waals surface area contributed by atoms with E-state index in [9.17, 15) is 8.78 Å². The molecule has 0 atom stereocenters. The molecule has 0 amide bonds. The zero-order chi connectivity index (χ0) is 8.48. The monoisotopic (exact) mass is 162 g/mol. The van der Waals surface area contributed by atoms with Gasteiger partial charge >= 0.3 is 5.92 Å². The summed E-state index contributed by atoms with van der Waals surface area (Å²) in [4.78, 5) is 3.43. The van der Waals surface area contributed by atoms with E-state index in [-0.39, 0.29) is 12.2 Å². The fourth-order valence-electron chi connectivity index (χ4n) is 0.597. The predicted octanol–water partition coefficient (Wildman–Crippen LogP) is 1.88. The van der Waals surface area contributed by atoms with Crippen LogP contribution in [0.15, 0.2) is 4.52 Å². The predicted molar refractivity (Wildman–Crippen MR) is 33.2 cm³/mol. The zero-order valence-electron chi connectivity index (χ0n) is 6.27. The molecule has 0 aromatic carbocycles. The largest absolute Gasteiger partial charge is 0.333 e. The fourth-order valence-corrected chi connectivity index (χ4v) is 0.597. The quantitative estimate of drug-likeness (QED) is 0.666. The first kappa shape index (κ1) is 8.10. The highest BCUT2D eigenvalue weighted by molar-refractivity contribution is 4.91. The molecule has 1 aromatic rings. The van der Waals surface area contributed by atoms with Crippen LogP contribution in [-0.4, -0.2) is 10.1 Å². The third-order valence-electron chi connectivity index (χ3n) is 1.28. The molecular formula is C6H8F2N2O. The van der Waals surface area contributed by atoms with Crippen LogP contribution < -0.4 is 0 Å². The molecule has 0 radical (unpaired) electrons. The second-order valence-electron chi connectivity index (χ2n) is 2.20. The molecule has 1 heterocycles. The molecule has 0 saturated heterocycles. The Hall–Kier alpha value is -1.00. The average molecular weight is 162 g/mol. The first-order valence-corrected chi connectivity index (χ1v) is 3.25. The lowest BCUT2D eigenvalue weighted by molar-refractivity contribution is -0.0391. The maximum absolute atomic E-state index is 12.7. The minimum Gasteiger partial charge on any atom is -0.333 e.